The van der Waals surface area contributed by atoms with Gasteiger partial charge in [0.1, 0.15) is 6.26 Å². The monoisotopic (exact) mass is 123 g/mol. The first-order valence-electron chi connectivity index (χ1n) is 2.98. The minimum Gasteiger partial charge on any atom is -0.466 e. The van der Waals surface area contributed by atoms with Gasteiger partial charge in [0, 0.05) is 12.6 Å². The fraction of sp³-hybridized carbons (Fsp3) is 0.429. The minimum atomic E-state index is -0.107. The number of nitrogens with one attached hydrogen (secondary N) is 1. The van der Waals surface area contributed by atoms with Crippen LogP contribution >= 0.6 is 0 Å². The van der Waals surface area contributed by atoms with E-state index in [0.29, 0.717) is 0 Å². The van der Waals surface area contributed by atoms with Crippen molar-refractivity contribution in [3.63, 3.8) is 0 Å². The first kappa shape index (κ1) is 6.03. The summed E-state index contributed by atoms with van der Waals surface area (Å²) in [6.07, 6.45) is 4.12. The van der Waals surface area contributed by atoms with E-state index < -0.39 is 0 Å². The third-order valence-electron chi connectivity index (χ3n) is 0.940. The molecule has 0 fully saturated rings. The van der Waals surface area contributed by atoms with Gasteiger partial charge in [-0.05, 0) is 5.92 Å². The molecular formula is C7H9NO. The van der Waals surface area contributed by atoms with Crippen molar-refractivity contribution in [2.24, 2.45) is 0 Å². The largest absolute Gasteiger partial charge is 0.466 e. The predicted octanol–water partition coefficient (Wildman–Crippen LogP) is 0.817. The van der Waals surface area contributed by atoms with Crippen molar-refractivity contribution >= 4 is 0 Å². The lowest BCUT2D eigenvalue weighted by Crippen LogP contribution is -2.17. The van der Waals surface area contributed by atoms with Gasteiger partial charge in [-0.2, -0.15) is 0 Å². The molecule has 0 aromatic heterocycles. The van der Waals surface area contributed by atoms with Gasteiger partial charge in [-0.15, -0.1) is 0 Å². The summed E-state index contributed by atoms with van der Waals surface area (Å²) in [5.41, 5.74) is 0. The van der Waals surface area contributed by atoms with Crippen LogP contribution in [0.5, 0.6) is 0 Å². The van der Waals surface area contributed by atoms with Crippen LogP contribution in [0.4, 0.5) is 0 Å². The Labute approximate surface area is 54.9 Å². The first-order valence-corrected chi connectivity index (χ1v) is 2.98. The number of hydrogen-bond acceptors (Lipinski definition) is 2. The Hall–Kier alpha value is -1.10. The highest BCUT2D eigenvalue weighted by Crippen LogP contribution is 1.93. The zero-order valence-electron chi connectivity index (χ0n) is 5.35. The smallest absolute Gasteiger partial charge is 0.232 e. The van der Waals surface area contributed by atoms with Crippen molar-refractivity contribution in [3.8, 4) is 11.8 Å². The normalized spacial score (nSPS) is 21.7. The summed E-state index contributed by atoms with van der Waals surface area (Å²) in [7, 11) is 0. The van der Waals surface area contributed by atoms with Gasteiger partial charge in [-0.1, -0.05) is 12.8 Å². The summed E-state index contributed by atoms with van der Waals surface area (Å²) >= 11 is 0. The SMILES string of the molecule is CCC#CC1NC=CO1. The molecule has 0 saturated carbocycles. The lowest BCUT2D eigenvalue weighted by Gasteiger charge is -1.99. The van der Waals surface area contributed by atoms with E-state index in [9.17, 15) is 0 Å². The molecule has 0 bridgehead atoms. The molecule has 0 radical (unpaired) electrons. The van der Waals surface area contributed by atoms with E-state index >= 15 is 0 Å². The van der Waals surface area contributed by atoms with E-state index in [4.69, 9.17) is 4.74 Å². The van der Waals surface area contributed by atoms with E-state index in [-0.39, 0.29) is 6.23 Å². The van der Waals surface area contributed by atoms with Gasteiger partial charge >= 0.3 is 0 Å². The van der Waals surface area contributed by atoms with Crippen LogP contribution < -0.4 is 5.32 Å². The Kier molecular flexibility index (Phi) is 2.03. The van der Waals surface area contributed by atoms with Gasteiger partial charge in [-0.3, -0.25) is 0 Å². The number of hydrogen-bond donors (Lipinski definition) is 1. The molecule has 0 aromatic carbocycles. The molecule has 1 unspecified atom stereocenters. The molecule has 1 heterocycles. The maximum Gasteiger partial charge on any atom is 0.232 e. The second-order valence-corrected chi connectivity index (χ2v) is 1.66. The van der Waals surface area contributed by atoms with Gasteiger partial charge in [0.2, 0.25) is 6.23 Å². The molecule has 0 amide bonds. The van der Waals surface area contributed by atoms with E-state index in [1.807, 2.05) is 6.92 Å². The van der Waals surface area contributed by atoms with E-state index in [2.05, 4.69) is 17.2 Å². The zero-order chi connectivity index (χ0) is 6.53. The minimum absolute atomic E-state index is 0.107. The molecule has 1 aliphatic rings. The van der Waals surface area contributed by atoms with Gasteiger partial charge in [-0.25, -0.2) is 0 Å². The van der Waals surface area contributed by atoms with Crippen LogP contribution in [0.15, 0.2) is 12.5 Å². The Morgan fingerprint density at radius 3 is 3.22 bits per heavy atom. The maximum absolute atomic E-state index is 4.99. The van der Waals surface area contributed by atoms with Gasteiger partial charge in [0.05, 0.1) is 0 Å². The molecular weight excluding hydrogens is 114 g/mol. The summed E-state index contributed by atoms with van der Waals surface area (Å²) in [6.45, 7) is 2.01. The first-order chi connectivity index (χ1) is 4.43. The summed E-state index contributed by atoms with van der Waals surface area (Å²) < 4.78 is 4.99. The van der Waals surface area contributed by atoms with Gasteiger partial charge in [0.15, 0.2) is 0 Å². The predicted molar refractivity (Wildman–Crippen MR) is 35.2 cm³/mol. The quantitative estimate of drug-likeness (QED) is 0.481. The van der Waals surface area contributed by atoms with Crippen molar-refractivity contribution in [2.75, 3.05) is 0 Å². The molecule has 2 heteroatoms. The topological polar surface area (TPSA) is 21.3 Å². The molecule has 0 aromatic rings. The summed E-state index contributed by atoms with van der Waals surface area (Å²) in [4.78, 5) is 0. The maximum atomic E-state index is 4.99. The summed E-state index contributed by atoms with van der Waals surface area (Å²) in [5.74, 6) is 5.80. The highest BCUT2D eigenvalue weighted by Gasteiger charge is 2.02. The lowest BCUT2D eigenvalue weighted by molar-refractivity contribution is 0.206. The number of rotatable bonds is 0. The van der Waals surface area contributed by atoms with Crippen molar-refractivity contribution in [3.05, 3.63) is 12.5 Å². The van der Waals surface area contributed by atoms with E-state index in [0.717, 1.165) is 6.42 Å². The van der Waals surface area contributed by atoms with Crippen LogP contribution in [-0.2, 0) is 4.74 Å². The summed E-state index contributed by atoms with van der Waals surface area (Å²) in [5, 5.41) is 2.92. The lowest BCUT2D eigenvalue weighted by atomic mass is 10.4. The van der Waals surface area contributed by atoms with Crippen molar-refractivity contribution < 1.29 is 4.74 Å². The molecule has 0 aliphatic carbocycles. The molecule has 2 nitrogen and oxygen atoms in total. The Bertz CT molecular complexity index is 155. The second kappa shape index (κ2) is 3.03. The van der Waals surface area contributed by atoms with Crippen LogP contribution in [0.3, 0.4) is 0 Å². The molecule has 48 valence electrons. The van der Waals surface area contributed by atoms with Crippen LogP contribution in [0.25, 0.3) is 0 Å². The molecule has 0 spiro atoms. The number of ether oxygens (including phenoxy) is 1. The van der Waals surface area contributed by atoms with Crippen molar-refractivity contribution in [1.82, 2.24) is 5.32 Å². The molecule has 1 N–H and O–H groups in total. The highest BCUT2D eigenvalue weighted by molar-refractivity contribution is 5.07. The average molecular weight is 123 g/mol. The third kappa shape index (κ3) is 1.69. The summed E-state index contributed by atoms with van der Waals surface area (Å²) in [6, 6.07) is 0. The van der Waals surface area contributed by atoms with Gasteiger partial charge < -0.3 is 10.1 Å². The molecule has 1 aliphatic heterocycles. The second-order valence-electron chi connectivity index (χ2n) is 1.66. The highest BCUT2D eigenvalue weighted by atomic mass is 16.5. The fourth-order valence-corrected chi connectivity index (χ4v) is 0.554. The van der Waals surface area contributed by atoms with Crippen molar-refractivity contribution in [2.45, 2.75) is 19.6 Å². The van der Waals surface area contributed by atoms with Gasteiger partial charge in [0.25, 0.3) is 0 Å². The molecule has 1 rings (SSSR count). The van der Waals surface area contributed by atoms with Crippen LogP contribution in [-0.4, -0.2) is 6.23 Å². The zero-order valence-corrected chi connectivity index (χ0v) is 5.35. The van der Waals surface area contributed by atoms with E-state index in [1.165, 1.54) is 0 Å². The molecule has 1 atom stereocenters. The van der Waals surface area contributed by atoms with Crippen LogP contribution in [0.1, 0.15) is 13.3 Å². The Balaban J connectivity index is 2.29. The Morgan fingerprint density at radius 2 is 2.67 bits per heavy atom. The molecule has 9 heavy (non-hydrogen) atoms. The third-order valence-corrected chi connectivity index (χ3v) is 0.940. The van der Waals surface area contributed by atoms with E-state index in [1.54, 1.807) is 12.5 Å². The van der Waals surface area contributed by atoms with Crippen LogP contribution in [0, 0.1) is 11.8 Å². The van der Waals surface area contributed by atoms with Crippen molar-refractivity contribution in [1.29, 1.82) is 0 Å². The standard InChI is InChI=1S/C7H9NO/c1-2-3-4-7-8-5-6-9-7/h5-8H,2H2,1H3. The molecule has 0 saturated heterocycles. The Morgan fingerprint density at radius 1 is 1.78 bits per heavy atom. The average Bonchev–Trinajstić information content (AvgIpc) is 2.34. The fourth-order valence-electron chi connectivity index (χ4n) is 0.554. The van der Waals surface area contributed by atoms with Crippen LogP contribution in [0.2, 0.25) is 0 Å².